The second-order valence-electron chi connectivity index (χ2n) is 8.61. The van der Waals surface area contributed by atoms with E-state index in [0.717, 1.165) is 0 Å². The molecule has 0 aromatic heterocycles. The van der Waals surface area contributed by atoms with E-state index in [1.165, 1.54) is 30.8 Å². The number of rotatable bonds is 14. The third-order valence-electron chi connectivity index (χ3n) is 5.30. The number of carboxylic acid groups (broad SMARTS) is 1. The predicted octanol–water partition coefficient (Wildman–Crippen LogP) is -0.409. The Hall–Kier alpha value is -2.83. The molecule has 5 unspecified atom stereocenters. The minimum atomic E-state index is -1.28. The molecule has 35 heavy (non-hydrogen) atoms. The summed E-state index contributed by atoms with van der Waals surface area (Å²) in [6.45, 7) is 4.73. The highest BCUT2D eigenvalue weighted by atomic mass is 32.2. The number of hydrogen-bond donors (Lipinski definition) is 7. The molecule has 0 spiro atoms. The second kappa shape index (κ2) is 14.5. The number of aliphatic carboxylic acids is 1. The number of hydrogen-bond acceptors (Lipinski definition) is 8. The Morgan fingerprint density at radius 3 is 2.00 bits per heavy atom. The first-order valence-corrected chi connectivity index (χ1v) is 12.6. The Bertz CT molecular complexity index is 864. The summed E-state index contributed by atoms with van der Waals surface area (Å²) >= 11 is 1.45. The normalized spacial score (nSPS) is 15.4. The van der Waals surface area contributed by atoms with Crippen molar-refractivity contribution in [3.8, 4) is 5.75 Å². The van der Waals surface area contributed by atoms with E-state index >= 15 is 0 Å². The number of carbonyl (C=O) groups is 4. The van der Waals surface area contributed by atoms with Crippen LogP contribution in [-0.4, -0.2) is 81.3 Å². The molecule has 0 radical (unpaired) electrons. The van der Waals surface area contributed by atoms with Crippen molar-refractivity contribution in [1.29, 1.82) is 0 Å². The number of carbonyl (C=O) groups excluding carboxylic acids is 3. The number of thioether (sulfide) groups is 1. The molecule has 5 atom stereocenters. The van der Waals surface area contributed by atoms with Crippen molar-refractivity contribution in [3.05, 3.63) is 29.8 Å². The molecule has 196 valence electrons. The number of nitrogens with two attached hydrogens (primary N) is 1. The molecule has 0 aliphatic heterocycles. The van der Waals surface area contributed by atoms with Gasteiger partial charge in [-0.3, -0.25) is 14.4 Å². The zero-order chi connectivity index (χ0) is 26.7. The number of phenolic OH excluding ortho intramolecular Hbond substituents is 1. The molecule has 0 bridgehead atoms. The van der Waals surface area contributed by atoms with Crippen molar-refractivity contribution >= 4 is 35.5 Å². The fourth-order valence-corrected chi connectivity index (χ4v) is 3.58. The van der Waals surface area contributed by atoms with Crippen LogP contribution in [0.1, 0.15) is 32.8 Å². The average molecular weight is 513 g/mol. The minimum Gasteiger partial charge on any atom is -0.508 e. The number of nitrogens with one attached hydrogen (secondary N) is 3. The van der Waals surface area contributed by atoms with Crippen molar-refractivity contribution in [2.45, 2.75) is 63.9 Å². The lowest BCUT2D eigenvalue weighted by molar-refractivity contribution is -0.142. The van der Waals surface area contributed by atoms with Crippen LogP contribution in [0.4, 0.5) is 0 Å². The highest BCUT2D eigenvalue weighted by Crippen LogP contribution is 2.13. The van der Waals surface area contributed by atoms with Gasteiger partial charge in [0.15, 0.2) is 0 Å². The molecule has 12 heteroatoms. The maximum atomic E-state index is 13.2. The van der Waals surface area contributed by atoms with Crippen LogP contribution in [0.3, 0.4) is 0 Å². The largest absolute Gasteiger partial charge is 0.508 e. The average Bonchev–Trinajstić information content (AvgIpc) is 2.79. The topological polar surface area (TPSA) is 191 Å². The number of aliphatic hydroxyl groups is 1. The van der Waals surface area contributed by atoms with Gasteiger partial charge in [-0.05, 0) is 49.0 Å². The van der Waals surface area contributed by atoms with Crippen molar-refractivity contribution in [2.75, 3.05) is 12.0 Å². The van der Waals surface area contributed by atoms with Crippen molar-refractivity contribution in [1.82, 2.24) is 16.0 Å². The Morgan fingerprint density at radius 1 is 0.943 bits per heavy atom. The van der Waals surface area contributed by atoms with Crippen molar-refractivity contribution < 1.29 is 34.5 Å². The molecule has 11 nitrogen and oxygen atoms in total. The van der Waals surface area contributed by atoms with E-state index in [-0.39, 0.29) is 18.6 Å². The summed E-state index contributed by atoms with van der Waals surface area (Å²) in [7, 11) is 0. The maximum Gasteiger partial charge on any atom is 0.326 e. The minimum absolute atomic E-state index is 0.0162. The molecule has 0 heterocycles. The second-order valence-corrected chi connectivity index (χ2v) is 9.59. The monoisotopic (exact) mass is 512 g/mol. The molecule has 1 rings (SSSR count). The van der Waals surface area contributed by atoms with E-state index in [1.807, 2.05) is 6.26 Å². The molecular formula is C23H36N4O7S. The highest BCUT2D eigenvalue weighted by Gasteiger charge is 2.32. The summed E-state index contributed by atoms with van der Waals surface area (Å²) in [6, 6.07) is 1.41. The number of carboxylic acids is 1. The van der Waals surface area contributed by atoms with Crippen LogP contribution in [-0.2, 0) is 25.6 Å². The molecule has 0 fully saturated rings. The van der Waals surface area contributed by atoms with Gasteiger partial charge >= 0.3 is 5.97 Å². The van der Waals surface area contributed by atoms with E-state index in [0.29, 0.717) is 11.3 Å². The lowest BCUT2D eigenvalue weighted by atomic mass is 10.00. The first-order valence-electron chi connectivity index (χ1n) is 11.2. The standard InChI is InChI=1S/C23H36N4O7S/c1-12(2)19(22(32)25-16(23(33)34)9-10-35-4)27-20(30)17(26-21(31)18(24)13(3)28)11-14-5-7-15(29)8-6-14/h5-8,12-13,16-19,28-29H,9-11,24H2,1-4H3,(H,25,32)(H,26,31)(H,27,30)(H,33,34). The van der Waals surface area contributed by atoms with Gasteiger partial charge in [-0.25, -0.2) is 4.79 Å². The zero-order valence-corrected chi connectivity index (χ0v) is 21.2. The van der Waals surface area contributed by atoms with E-state index in [4.69, 9.17) is 5.73 Å². The van der Waals surface area contributed by atoms with Gasteiger partial charge in [0.1, 0.15) is 29.9 Å². The van der Waals surface area contributed by atoms with Gasteiger partial charge in [-0.15, -0.1) is 0 Å². The Morgan fingerprint density at radius 2 is 1.51 bits per heavy atom. The van der Waals surface area contributed by atoms with E-state index in [9.17, 15) is 34.5 Å². The van der Waals surface area contributed by atoms with Crippen LogP contribution in [0.2, 0.25) is 0 Å². The van der Waals surface area contributed by atoms with Gasteiger partial charge in [-0.2, -0.15) is 11.8 Å². The summed E-state index contributed by atoms with van der Waals surface area (Å²) < 4.78 is 0. The van der Waals surface area contributed by atoms with Crippen LogP contribution in [0.5, 0.6) is 5.75 Å². The molecular weight excluding hydrogens is 476 g/mol. The molecule has 0 aliphatic carbocycles. The lowest BCUT2D eigenvalue weighted by Gasteiger charge is -2.27. The number of aromatic hydroxyl groups is 1. The lowest BCUT2D eigenvalue weighted by Crippen LogP contribution is -2.59. The van der Waals surface area contributed by atoms with Gasteiger partial charge in [0.25, 0.3) is 0 Å². The van der Waals surface area contributed by atoms with Crippen LogP contribution in [0.15, 0.2) is 24.3 Å². The quantitative estimate of drug-likeness (QED) is 0.174. The number of phenols is 1. The third kappa shape index (κ3) is 10.1. The zero-order valence-electron chi connectivity index (χ0n) is 20.4. The maximum absolute atomic E-state index is 13.2. The summed E-state index contributed by atoms with van der Waals surface area (Å²) in [4.78, 5) is 50.0. The molecule has 3 amide bonds. The molecule has 0 saturated heterocycles. The Balaban J connectivity index is 3.08. The van der Waals surface area contributed by atoms with Gasteiger partial charge < -0.3 is 37.0 Å². The summed E-state index contributed by atoms with van der Waals surface area (Å²) in [5, 5.41) is 36.1. The highest BCUT2D eigenvalue weighted by molar-refractivity contribution is 7.98. The van der Waals surface area contributed by atoms with E-state index in [2.05, 4.69) is 16.0 Å². The SMILES string of the molecule is CSCCC(NC(=O)C(NC(=O)C(Cc1ccc(O)cc1)NC(=O)C(N)C(C)O)C(C)C)C(=O)O. The molecule has 1 aromatic carbocycles. The first-order chi connectivity index (χ1) is 16.4. The summed E-state index contributed by atoms with van der Waals surface area (Å²) in [5.74, 6) is -3.11. The fourth-order valence-electron chi connectivity index (χ4n) is 3.11. The molecule has 1 aromatic rings. The summed E-state index contributed by atoms with van der Waals surface area (Å²) in [5.41, 5.74) is 6.31. The van der Waals surface area contributed by atoms with Crippen LogP contribution >= 0.6 is 11.8 Å². The van der Waals surface area contributed by atoms with Gasteiger partial charge in [-0.1, -0.05) is 26.0 Å². The first kappa shape index (κ1) is 30.2. The van der Waals surface area contributed by atoms with E-state index < -0.39 is 59.9 Å². The number of amides is 3. The van der Waals surface area contributed by atoms with E-state index in [1.54, 1.807) is 26.0 Å². The van der Waals surface area contributed by atoms with Crippen LogP contribution in [0.25, 0.3) is 0 Å². The van der Waals surface area contributed by atoms with Crippen molar-refractivity contribution in [2.24, 2.45) is 11.7 Å². The Kier molecular flexibility index (Phi) is 12.5. The molecule has 0 saturated carbocycles. The third-order valence-corrected chi connectivity index (χ3v) is 5.95. The van der Waals surface area contributed by atoms with Gasteiger partial charge in [0, 0.05) is 6.42 Å². The number of benzene rings is 1. The summed E-state index contributed by atoms with van der Waals surface area (Å²) in [6.07, 6.45) is 0.903. The predicted molar refractivity (Wildman–Crippen MR) is 133 cm³/mol. The Labute approximate surface area is 209 Å². The van der Waals surface area contributed by atoms with Gasteiger partial charge in [0.2, 0.25) is 17.7 Å². The molecule has 8 N–H and O–H groups in total. The fraction of sp³-hybridized carbons (Fsp3) is 0.565. The van der Waals surface area contributed by atoms with Crippen LogP contribution < -0.4 is 21.7 Å². The van der Waals surface area contributed by atoms with Gasteiger partial charge in [0.05, 0.1) is 6.10 Å². The van der Waals surface area contributed by atoms with Crippen LogP contribution in [0, 0.1) is 5.92 Å². The molecule has 0 aliphatic rings. The smallest absolute Gasteiger partial charge is 0.326 e. The van der Waals surface area contributed by atoms with Crippen molar-refractivity contribution in [3.63, 3.8) is 0 Å². The number of aliphatic hydroxyl groups excluding tert-OH is 1.